The number of alkyl halides is 1. The molecule has 1 aliphatic carbocycles. The van der Waals surface area contributed by atoms with Gasteiger partial charge < -0.3 is 0 Å². The predicted octanol–water partition coefficient (Wildman–Crippen LogP) is 5.21. The van der Waals surface area contributed by atoms with E-state index >= 15 is 0 Å². The SMILES string of the molecule is Clc1cc(Br)ccc1CC1CCC(Br)C1. The first-order valence-electron chi connectivity index (χ1n) is 5.23. The summed E-state index contributed by atoms with van der Waals surface area (Å²) in [6, 6.07) is 6.19. The quantitative estimate of drug-likeness (QED) is 0.641. The third-order valence-corrected chi connectivity index (χ3v) is 4.68. The van der Waals surface area contributed by atoms with Crippen LogP contribution in [-0.2, 0) is 6.42 Å². The van der Waals surface area contributed by atoms with Crippen molar-refractivity contribution in [3.05, 3.63) is 33.3 Å². The zero-order valence-electron chi connectivity index (χ0n) is 8.35. The molecule has 0 aliphatic heterocycles. The van der Waals surface area contributed by atoms with Crippen LogP contribution >= 0.6 is 43.5 Å². The van der Waals surface area contributed by atoms with Crippen LogP contribution in [0.1, 0.15) is 24.8 Å². The van der Waals surface area contributed by atoms with Crippen LogP contribution in [0.5, 0.6) is 0 Å². The third kappa shape index (κ3) is 3.21. The van der Waals surface area contributed by atoms with Crippen LogP contribution in [0.3, 0.4) is 0 Å². The molecule has 0 heterocycles. The lowest BCUT2D eigenvalue weighted by molar-refractivity contribution is 0.548. The summed E-state index contributed by atoms with van der Waals surface area (Å²) in [5.74, 6) is 0.799. The van der Waals surface area contributed by atoms with Crippen LogP contribution in [0.25, 0.3) is 0 Å². The van der Waals surface area contributed by atoms with Crippen LogP contribution in [0, 0.1) is 5.92 Å². The largest absolute Gasteiger partial charge is 0.0891 e. The standard InChI is InChI=1S/C12H13Br2Cl/c13-10-3-1-8(6-10)5-9-2-4-11(14)7-12(9)15/h2,4,7-8,10H,1,3,5-6H2. The Labute approximate surface area is 113 Å². The van der Waals surface area contributed by atoms with E-state index in [0.717, 1.165) is 26.7 Å². The van der Waals surface area contributed by atoms with Gasteiger partial charge in [-0.25, -0.2) is 0 Å². The highest BCUT2D eigenvalue weighted by Gasteiger charge is 2.23. The van der Waals surface area contributed by atoms with Crippen LogP contribution in [0.4, 0.5) is 0 Å². The summed E-state index contributed by atoms with van der Waals surface area (Å²) in [6.07, 6.45) is 5.03. The number of hydrogen-bond acceptors (Lipinski definition) is 0. The molecule has 1 saturated carbocycles. The summed E-state index contributed by atoms with van der Waals surface area (Å²) < 4.78 is 1.06. The summed E-state index contributed by atoms with van der Waals surface area (Å²) >= 11 is 13.3. The Bertz CT molecular complexity index is 351. The summed E-state index contributed by atoms with van der Waals surface area (Å²) in [6.45, 7) is 0. The zero-order chi connectivity index (χ0) is 10.8. The molecule has 0 amide bonds. The molecule has 1 aromatic rings. The van der Waals surface area contributed by atoms with Crippen molar-refractivity contribution in [2.45, 2.75) is 30.5 Å². The molecule has 82 valence electrons. The van der Waals surface area contributed by atoms with Crippen molar-refractivity contribution in [3.63, 3.8) is 0 Å². The van der Waals surface area contributed by atoms with Crippen LogP contribution in [0.2, 0.25) is 5.02 Å². The molecule has 1 aliphatic rings. The lowest BCUT2D eigenvalue weighted by Gasteiger charge is -2.10. The fourth-order valence-electron chi connectivity index (χ4n) is 2.20. The highest BCUT2D eigenvalue weighted by atomic mass is 79.9. The van der Waals surface area contributed by atoms with Gasteiger partial charge in [0.1, 0.15) is 0 Å². The van der Waals surface area contributed by atoms with E-state index in [9.17, 15) is 0 Å². The van der Waals surface area contributed by atoms with Crippen molar-refractivity contribution in [3.8, 4) is 0 Å². The maximum absolute atomic E-state index is 6.20. The van der Waals surface area contributed by atoms with Crippen LogP contribution in [-0.4, -0.2) is 4.83 Å². The first kappa shape index (κ1) is 11.9. The van der Waals surface area contributed by atoms with E-state index in [-0.39, 0.29) is 0 Å². The molecule has 0 nitrogen and oxygen atoms in total. The van der Waals surface area contributed by atoms with Gasteiger partial charge in [-0.15, -0.1) is 0 Å². The Morgan fingerprint density at radius 3 is 2.73 bits per heavy atom. The topological polar surface area (TPSA) is 0 Å². The average molecular weight is 352 g/mol. The van der Waals surface area contributed by atoms with Gasteiger partial charge in [0.15, 0.2) is 0 Å². The van der Waals surface area contributed by atoms with Gasteiger partial charge in [0.05, 0.1) is 0 Å². The van der Waals surface area contributed by atoms with Gasteiger partial charge in [-0.05, 0) is 49.3 Å². The van der Waals surface area contributed by atoms with Gasteiger partial charge in [0, 0.05) is 14.3 Å². The fourth-order valence-corrected chi connectivity index (χ4v) is 3.74. The maximum atomic E-state index is 6.20. The van der Waals surface area contributed by atoms with Crippen molar-refractivity contribution in [1.82, 2.24) is 0 Å². The molecule has 0 spiro atoms. The normalized spacial score (nSPS) is 25.8. The summed E-state index contributed by atoms with van der Waals surface area (Å²) in [4.78, 5) is 0.719. The van der Waals surface area contributed by atoms with Crippen molar-refractivity contribution < 1.29 is 0 Å². The van der Waals surface area contributed by atoms with Crippen molar-refractivity contribution >= 4 is 43.5 Å². The maximum Gasteiger partial charge on any atom is 0.0449 e. The molecule has 0 bridgehead atoms. The number of hydrogen-bond donors (Lipinski definition) is 0. The molecule has 0 aromatic heterocycles. The lowest BCUT2D eigenvalue weighted by atomic mass is 9.98. The minimum Gasteiger partial charge on any atom is -0.0891 e. The van der Waals surface area contributed by atoms with Gasteiger partial charge in [-0.1, -0.05) is 49.5 Å². The minimum atomic E-state index is 0.719. The smallest absolute Gasteiger partial charge is 0.0449 e. The van der Waals surface area contributed by atoms with Crippen molar-refractivity contribution in [2.75, 3.05) is 0 Å². The van der Waals surface area contributed by atoms with Gasteiger partial charge in [0.2, 0.25) is 0 Å². The molecule has 1 fully saturated rings. The fraction of sp³-hybridized carbons (Fsp3) is 0.500. The van der Waals surface area contributed by atoms with E-state index in [4.69, 9.17) is 11.6 Å². The number of benzene rings is 1. The van der Waals surface area contributed by atoms with Crippen molar-refractivity contribution in [2.24, 2.45) is 5.92 Å². The highest BCUT2D eigenvalue weighted by molar-refractivity contribution is 9.10. The third-order valence-electron chi connectivity index (χ3n) is 3.00. The molecule has 1 aromatic carbocycles. The van der Waals surface area contributed by atoms with E-state index in [0.29, 0.717) is 0 Å². The Kier molecular flexibility index (Phi) is 4.14. The van der Waals surface area contributed by atoms with Gasteiger partial charge in [-0.2, -0.15) is 0 Å². The molecule has 2 unspecified atom stereocenters. The molecular formula is C12H13Br2Cl. The summed E-state index contributed by atoms with van der Waals surface area (Å²) in [7, 11) is 0. The predicted molar refractivity (Wildman–Crippen MR) is 72.9 cm³/mol. The second-order valence-corrected chi connectivity index (χ2v) is 6.83. The summed E-state index contributed by atoms with van der Waals surface area (Å²) in [5.41, 5.74) is 1.28. The van der Waals surface area contributed by atoms with Crippen LogP contribution < -0.4 is 0 Å². The summed E-state index contributed by atoms with van der Waals surface area (Å²) in [5, 5.41) is 0.891. The van der Waals surface area contributed by atoms with Gasteiger partial charge in [-0.3, -0.25) is 0 Å². The van der Waals surface area contributed by atoms with E-state index in [2.05, 4.69) is 44.0 Å². The van der Waals surface area contributed by atoms with E-state index in [1.807, 2.05) is 6.07 Å². The zero-order valence-corrected chi connectivity index (χ0v) is 12.3. The van der Waals surface area contributed by atoms with E-state index < -0.39 is 0 Å². The average Bonchev–Trinajstić information content (AvgIpc) is 2.56. The van der Waals surface area contributed by atoms with Crippen molar-refractivity contribution in [1.29, 1.82) is 0 Å². The second-order valence-electron chi connectivity index (χ2n) is 4.22. The Balaban J connectivity index is 2.04. The Hall–Kier alpha value is 0.470. The molecule has 2 atom stereocenters. The van der Waals surface area contributed by atoms with Gasteiger partial charge in [0.25, 0.3) is 0 Å². The first-order chi connectivity index (χ1) is 7.15. The molecular weight excluding hydrogens is 339 g/mol. The van der Waals surface area contributed by atoms with E-state index in [1.165, 1.54) is 24.8 Å². The molecule has 0 radical (unpaired) electrons. The number of rotatable bonds is 2. The molecule has 0 saturated heterocycles. The van der Waals surface area contributed by atoms with E-state index in [1.54, 1.807) is 0 Å². The second kappa shape index (κ2) is 5.20. The molecule has 3 heteroatoms. The Morgan fingerprint density at radius 1 is 1.33 bits per heavy atom. The number of halogens is 3. The van der Waals surface area contributed by atoms with Crippen LogP contribution in [0.15, 0.2) is 22.7 Å². The monoisotopic (exact) mass is 350 g/mol. The molecule has 2 rings (SSSR count). The molecule has 0 N–H and O–H groups in total. The van der Waals surface area contributed by atoms with Gasteiger partial charge >= 0.3 is 0 Å². The lowest BCUT2D eigenvalue weighted by Crippen LogP contribution is -2.00. The minimum absolute atomic E-state index is 0.719. The Morgan fingerprint density at radius 2 is 2.13 bits per heavy atom. The highest BCUT2D eigenvalue weighted by Crippen LogP contribution is 2.34. The molecule has 15 heavy (non-hydrogen) atoms. The first-order valence-corrected chi connectivity index (χ1v) is 7.32.